The topological polar surface area (TPSA) is 78.5 Å². The smallest absolute Gasteiger partial charge is 0.299 e. The summed E-state index contributed by atoms with van der Waals surface area (Å²) < 4.78 is 28.6. The van der Waals surface area contributed by atoms with Crippen molar-refractivity contribution in [2.45, 2.75) is 33.6 Å². The van der Waals surface area contributed by atoms with Crippen LogP contribution in [-0.4, -0.2) is 27.4 Å². The Hall–Kier alpha value is -1.60. The Morgan fingerprint density at radius 3 is 2.73 bits per heavy atom. The van der Waals surface area contributed by atoms with Crippen LogP contribution in [0, 0.1) is 5.92 Å². The number of carbonyl (C=O) groups is 1. The molecule has 0 radical (unpaired) electrons. The molecule has 0 bridgehead atoms. The highest BCUT2D eigenvalue weighted by atomic mass is 32.2. The molecule has 0 aliphatic carbocycles. The molecule has 1 aliphatic heterocycles. The molecule has 0 saturated heterocycles. The van der Waals surface area contributed by atoms with Crippen LogP contribution in [0.1, 0.15) is 32.8 Å². The van der Waals surface area contributed by atoms with Gasteiger partial charge in [0, 0.05) is 24.7 Å². The minimum Gasteiger partial charge on any atom is -0.312 e. The second-order valence-electron chi connectivity index (χ2n) is 5.74. The van der Waals surface area contributed by atoms with Gasteiger partial charge in [-0.1, -0.05) is 20.8 Å². The van der Waals surface area contributed by atoms with E-state index >= 15 is 0 Å². The van der Waals surface area contributed by atoms with Gasteiger partial charge in [-0.25, -0.2) is 0 Å². The molecule has 0 unspecified atom stereocenters. The number of amides is 1. The summed E-state index contributed by atoms with van der Waals surface area (Å²) in [7, 11) is -3.54. The van der Waals surface area contributed by atoms with Crippen LogP contribution in [0.2, 0.25) is 0 Å². The first-order valence-corrected chi connectivity index (χ1v) is 9.04. The van der Waals surface area contributed by atoms with Crippen LogP contribution in [0.3, 0.4) is 0 Å². The molecule has 2 rings (SSSR count). The largest absolute Gasteiger partial charge is 0.312 e. The van der Waals surface area contributed by atoms with Crippen molar-refractivity contribution in [1.29, 1.82) is 0 Å². The summed E-state index contributed by atoms with van der Waals surface area (Å²) in [5.74, 6) is 0.0408. The standard InChI is InChI=1S/C15H23N3O3S/c1-4-8-16-22(20,21)17-13-5-6-14-12(10-13)7-9-18(14)15(19)11(2)3/h5-6,10-11,16-17H,4,7-9H2,1-3H3. The van der Waals surface area contributed by atoms with Crippen molar-refractivity contribution >= 4 is 27.5 Å². The minimum atomic E-state index is -3.54. The van der Waals surface area contributed by atoms with Crippen molar-refractivity contribution < 1.29 is 13.2 Å². The van der Waals surface area contributed by atoms with Crippen LogP contribution in [0.25, 0.3) is 0 Å². The number of hydrogen-bond donors (Lipinski definition) is 2. The molecule has 1 amide bonds. The van der Waals surface area contributed by atoms with Crippen LogP contribution in [0.5, 0.6) is 0 Å². The molecule has 1 aromatic carbocycles. The quantitative estimate of drug-likeness (QED) is 0.838. The summed E-state index contributed by atoms with van der Waals surface area (Å²) in [6.45, 7) is 6.70. The average Bonchev–Trinajstić information content (AvgIpc) is 2.86. The van der Waals surface area contributed by atoms with E-state index in [1.165, 1.54) is 0 Å². The van der Waals surface area contributed by atoms with E-state index in [4.69, 9.17) is 0 Å². The first-order valence-electron chi connectivity index (χ1n) is 7.55. The van der Waals surface area contributed by atoms with Crippen molar-refractivity contribution in [2.75, 3.05) is 22.7 Å². The lowest BCUT2D eigenvalue weighted by Crippen LogP contribution is -2.32. The van der Waals surface area contributed by atoms with Crippen molar-refractivity contribution in [3.63, 3.8) is 0 Å². The summed E-state index contributed by atoms with van der Waals surface area (Å²) in [6.07, 6.45) is 1.48. The number of hydrogen-bond acceptors (Lipinski definition) is 3. The Morgan fingerprint density at radius 1 is 1.36 bits per heavy atom. The molecule has 7 heteroatoms. The van der Waals surface area contributed by atoms with Gasteiger partial charge in [0.25, 0.3) is 10.2 Å². The summed E-state index contributed by atoms with van der Waals surface area (Å²) in [5, 5.41) is 0. The molecule has 2 N–H and O–H groups in total. The maximum absolute atomic E-state index is 12.1. The molecule has 0 fully saturated rings. The number of benzene rings is 1. The van der Waals surface area contributed by atoms with E-state index in [9.17, 15) is 13.2 Å². The van der Waals surface area contributed by atoms with Crippen LogP contribution < -0.4 is 14.3 Å². The first-order chi connectivity index (χ1) is 10.3. The number of nitrogens with zero attached hydrogens (tertiary/aromatic N) is 1. The fourth-order valence-electron chi connectivity index (χ4n) is 2.43. The molecule has 0 aromatic heterocycles. The summed E-state index contributed by atoms with van der Waals surface area (Å²) >= 11 is 0. The Morgan fingerprint density at radius 2 is 2.09 bits per heavy atom. The maximum atomic E-state index is 12.1. The van der Waals surface area contributed by atoms with E-state index < -0.39 is 10.2 Å². The zero-order chi connectivity index (χ0) is 16.3. The van der Waals surface area contributed by atoms with Gasteiger partial charge in [-0.15, -0.1) is 0 Å². The Bertz CT molecular complexity index is 656. The predicted molar refractivity (Wildman–Crippen MR) is 88.2 cm³/mol. The number of carbonyl (C=O) groups excluding carboxylic acids is 1. The van der Waals surface area contributed by atoms with E-state index in [1.54, 1.807) is 23.1 Å². The molecular formula is C15H23N3O3S. The van der Waals surface area contributed by atoms with Crippen molar-refractivity contribution in [1.82, 2.24) is 4.72 Å². The number of nitrogens with one attached hydrogen (secondary N) is 2. The molecule has 122 valence electrons. The lowest BCUT2D eigenvalue weighted by Gasteiger charge is -2.19. The average molecular weight is 325 g/mol. The summed E-state index contributed by atoms with van der Waals surface area (Å²) in [4.78, 5) is 13.9. The highest BCUT2D eigenvalue weighted by Crippen LogP contribution is 2.31. The third-order valence-electron chi connectivity index (χ3n) is 3.53. The van der Waals surface area contributed by atoms with E-state index in [-0.39, 0.29) is 11.8 Å². The predicted octanol–water partition coefficient (Wildman–Crippen LogP) is 1.89. The highest BCUT2D eigenvalue weighted by Gasteiger charge is 2.26. The van der Waals surface area contributed by atoms with Gasteiger partial charge in [0.05, 0.1) is 5.69 Å². The molecule has 0 saturated carbocycles. The van der Waals surface area contributed by atoms with Crippen LogP contribution in [0.4, 0.5) is 11.4 Å². The molecule has 6 nitrogen and oxygen atoms in total. The Labute approximate surface area is 132 Å². The zero-order valence-corrected chi connectivity index (χ0v) is 14.0. The van der Waals surface area contributed by atoms with Crippen molar-refractivity contribution in [3.05, 3.63) is 23.8 Å². The SMILES string of the molecule is CCCNS(=O)(=O)Nc1ccc2c(c1)CCN2C(=O)C(C)C. The van der Waals surface area contributed by atoms with Crippen molar-refractivity contribution in [2.24, 2.45) is 5.92 Å². The lowest BCUT2D eigenvalue weighted by molar-refractivity contribution is -0.121. The van der Waals surface area contributed by atoms with Gasteiger partial charge < -0.3 is 4.90 Å². The summed E-state index contributed by atoms with van der Waals surface area (Å²) in [6, 6.07) is 5.30. The third-order valence-corrected chi connectivity index (χ3v) is 4.62. The highest BCUT2D eigenvalue weighted by molar-refractivity contribution is 7.90. The fraction of sp³-hybridized carbons (Fsp3) is 0.533. The number of fused-ring (bicyclic) bond motifs is 1. The Balaban J connectivity index is 2.15. The van der Waals surface area contributed by atoms with Crippen molar-refractivity contribution in [3.8, 4) is 0 Å². The van der Waals surface area contributed by atoms with Gasteiger partial charge in [0.15, 0.2) is 0 Å². The molecule has 0 spiro atoms. The normalized spacial score (nSPS) is 14.3. The fourth-order valence-corrected chi connectivity index (χ4v) is 3.42. The van der Waals surface area contributed by atoms with Crippen LogP contribution in [-0.2, 0) is 21.4 Å². The van der Waals surface area contributed by atoms with E-state index in [0.717, 1.165) is 24.1 Å². The molecular weight excluding hydrogens is 302 g/mol. The zero-order valence-electron chi connectivity index (χ0n) is 13.2. The van der Waals surface area contributed by atoms with Gasteiger partial charge >= 0.3 is 0 Å². The van der Waals surface area contributed by atoms with Gasteiger partial charge in [0.1, 0.15) is 0 Å². The summed E-state index contributed by atoms with van der Waals surface area (Å²) in [5.41, 5.74) is 2.38. The van der Waals surface area contributed by atoms with E-state index in [1.807, 2.05) is 20.8 Å². The molecule has 1 aliphatic rings. The number of anilines is 2. The minimum absolute atomic E-state index is 0.0534. The first kappa shape index (κ1) is 16.8. The second-order valence-corrected chi connectivity index (χ2v) is 7.24. The van der Waals surface area contributed by atoms with Gasteiger partial charge in [-0.2, -0.15) is 13.1 Å². The van der Waals surface area contributed by atoms with E-state index in [2.05, 4.69) is 9.44 Å². The van der Waals surface area contributed by atoms with Crippen LogP contribution in [0.15, 0.2) is 18.2 Å². The molecule has 0 atom stereocenters. The lowest BCUT2D eigenvalue weighted by atomic mass is 10.1. The van der Waals surface area contributed by atoms with Gasteiger partial charge in [-0.05, 0) is 36.6 Å². The van der Waals surface area contributed by atoms with Gasteiger partial charge in [-0.3, -0.25) is 9.52 Å². The molecule has 1 aromatic rings. The monoisotopic (exact) mass is 325 g/mol. The third kappa shape index (κ3) is 3.78. The van der Waals surface area contributed by atoms with Crippen LogP contribution >= 0.6 is 0 Å². The Kier molecular flexibility index (Phi) is 5.08. The van der Waals surface area contributed by atoms with E-state index in [0.29, 0.717) is 18.8 Å². The maximum Gasteiger partial charge on any atom is 0.299 e. The molecule has 22 heavy (non-hydrogen) atoms. The second kappa shape index (κ2) is 6.66. The van der Waals surface area contributed by atoms with Gasteiger partial charge in [0.2, 0.25) is 5.91 Å². The number of rotatable bonds is 6. The molecule has 1 heterocycles.